The fourth-order valence-electron chi connectivity index (χ4n) is 2.59. The lowest BCUT2D eigenvalue weighted by atomic mass is 10.0. The number of benzene rings is 1. The smallest absolute Gasteiger partial charge is 0.340 e. The van der Waals surface area contributed by atoms with E-state index in [0.717, 1.165) is 25.1 Å². The molecule has 0 amide bonds. The molecule has 2 rings (SSSR count). The number of anilines is 2. The SMILES string of the molecule is COC(=O)c1cccc(N)c1N1CCCCC1C. The fraction of sp³-hybridized carbons (Fsp3) is 0.500. The van der Waals surface area contributed by atoms with Gasteiger partial charge in [-0.25, -0.2) is 4.79 Å². The number of ether oxygens (including phenoxy) is 1. The van der Waals surface area contributed by atoms with Gasteiger partial charge >= 0.3 is 5.97 Å². The highest BCUT2D eigenvalue weighted by molar-refractivity contribution is 5.99. The summed E-state index contributed by atoms with van der Waals surface area (Å²) in [7, 11) is 1.40. The summed E-state index contributed by atoms with van der Waals surface area (Å²) in [5.74, 6) is -0.324. The van der Waals surface area contributed by atoms with Gasteiger partial charge in [0, 0.05) is 12.6 Å². The Kier molecular flexibility index (Phi) is 3.75. The van der Waals surface area contributed by atoms with Gasteiger partial charge in [-0.2, -0.15) is 0 Å². The number of piperidine rings is 1. The van der Waals surface area contributed by atoms with Crippen molar-refractivity contribution in [3.63, 3.8) is 0 Å². The van der Waals surface area contributed by atoms with Crippen molar-refractivity contribution in [3.8, 4) is 0 Å². The molecule has 4 heteroatoms. The van der Waals surface area contributed by atoms with E-state index in [-0.39, 0.29) is 5.97 Å². The number of nitrogen functional groups attached to an aromatic ring is 1. The highest BCUT2D eigenvalue weighted by atomic mass is 16.5. The Hall–Kier alpha value is -1.71. The van der Waals surface area contributed by atoms with E-state index in [1.54, 1.807) is 12.1 Å². The second-order valence-electron chi connectivity index (χ2n) is 4.77. The molecule has 0 aliphatic carbocycles. The number of rotatable bonds is 2. The molecule has 1 atom stereocenters. The Morgan fingerprint density at radius 1 is 1.44 bits per heavy atom. The lowest BCUT2D eigenvalue weighted by Crippen LogP contribution is -2.38. The zero-order chi connectivity index (χ0) is 13.1. The molecule has 0 spiro atoms. The lowest BCUT2D eigenvalue weighted by molar-refractivity contribution is 0.0601. The van der Waals surface area contributed by atoms with Gasteiger partial charge in [-0.1, -0.05) is 6.07 Å². The van der Waals surface area contributed by atoms with Crippen LogP contribution in [-0.4, -0.2) is 25.7 Å². The second kappa shape index (κ2) is 5.29. The molecule has 0 bridgehead atoms. The Balaban J connectivity index is 2.44. The molecule has 0 saturated carbocycles. The summed E-state index contributed by atoms with van der Waals surface area (Å²) in [6, 6.07) is 5.81. The van der Waals surface area contributed by atoms with Crippen LogP contribution in [0, 0.1) is 0 Å². The number of carbonyl (C=O) groups is 1. The first-order valence-electron chi connectivity index (χ1n) is 6.38. The lowest BCUT2D eigenvalue weighted by Gasteiger charge is -2.37. The van der Waals surface area contributed by atoms with Gasteiger partial charge in [0.1, 0.15) is 0 Å². The quantitative estimate of drug-likeness (QED) is 0.645. The number of para-hydroxylation sites is 1. The Morgan fingerprint density at radius 3 is 2.89 bits per heavy atom. The number of carbonyl (C=O) groups excluding carboxylic acids is 1. The maximum atomic E-state index is 11.8. The number of nitrogens with zero attached hydrogens (tertiary/aromatic N) is 1. The molecule has 4 nitrogen and oxygen atoms in total. The monoisotopic (exact) mass is 248 g/mol. The first-order valence-corrected chi connectivity index (χ1v) is 6.38. The number of hydrogen-bond donors (Lipinski definition) is 1. The summed E-state index contributed by atoms with van der Waals surface area (Å²) in [4.78, 5) is 14.1. The predicted molar refractivity (Wildman–Crippen MR) is 72.9 cm³/mol. The highest BCUT2D eigenvalue weighted by Crippen LogP contribution is 2.33. The van der Waals surface area contributed by atoms with Crippen LogP contribution in [0.15, 0.2) is 18.2 Å². The van der Waals surface area contributed by atoms with E-state index in [4.69, 9.17) is 10.5 Å². The highest BCUT2D eigenvalue weighted by Gasteiger charge is 2.25. The van der Waals surface area contributed by atoms with Crippen molar-refractivity contribution in [3.05, 3.63) is 23.8 Å². The normalized spacial score (nSPS) is 19.7. The van der Waals surface area contributed by atoms with E-state index < -0.39 is 0 Å². The first kappa shape index (κ1) is 12.7. The summed E-state index contributed by atoms with van der Waals surface area (Å²) in [6.45, 7) is 3.12. The van der Waals surface area contributed by atoms with E-state index in [1.165, 1.54) is 13.5 Å². The van der Waals surface area contributed by atoms with E-state index in [9.17, 15) is 4.79 Å². The molecule has 1 aromatic rings. The molecular weight excluding hydrogens is 228 g/mol. The summed E-state index contributed by atoms with van der Waals surface area (Å²) in [5, 5.41) is 0. The van der Waals surface area contributed by atoms with Crippen LogP contribution in [0.3, 0.4) is 0 Å². The van der Waals surface area contributed by atoms with Crippen LogP contribution >= 0.6 is 0 Å². The molecule has 1 unspecified atom stereocenters. The molecule has 1 aliphatic heterocycles. The van der Waals surface area contributed by atoms with Gasteiger partial charge in [0.25, 0.3) is 0 Å². The molecule has 2 N–H and O–H groups in total. The van der Waals surface area contributed by atoms with Crippen molar-refractivity contribution in [2.24, 2.45) is 0 Å². The topological polar surface area (TPSA) is 55.6 Å². The summed E-state index contributed by atoms with van der Waals surface area (Å²) >= 11 is 0. The average molecular weight is 248 g/mol. The maximum absolute atomic E-state index is 11.8. The van der Waals surface area contributed by atoms with Crippen LogP contribution in [0.1, 0.15) is 36.5 Å². The fourth-order valence-corrected chi connectivity index (χ4v) is 2.59. The van der Waals surface area contributed by atoms with Crippen molar-refractivity contribution in [2.45, 2.75) is 32.2 Å². The van der Waals surface area contributed by atoms with Crippen molar-refractivity contribution in [1.29, 1.82) is 0 Å². The molecule has 1 saturated heterocycles. The summed E-state index contributed by atoms with van der Waals surface area (Å²) in [6.07, 6.45) is 3.51. The number of nitrogens with two attached hydrogens (primary N) is 1. The van der Waals surface area contributed by atoms with Crippen molar-refractivity contribution in [1.82, 2.24) is 0 Å². The Bertz CT molecular complexity index is 445. The predicted octanol–water partition coefficient (Wildman–Crippen LogP) is 2.43. The van der Waals surface area contributed by atoms with Gasteiger partial charge in [-0.05, 0) is 38.3 Å². The molecule has 98 valence electrons. The van der Waals surface area contributed by atoms with E-state index in [2.05, 4.69) is 11.8 Å². The third-order valence-corrected chi connectivity index (χ3v) is 3.56. The zero-order valence-corrected chi connectivity index (χ0v) is 11.0. The molecule has 1 heterocycles. The van der Waals surface area contributed by atoms with E-state index >= 15 is 0 Å². The molecule has 0 aromatic heterocycles. The zero-order valence-electron chi connectivity index (χ0n) is 11.0. The number of methoxy groups -OCH3 is 1. The van der Waals surface area contributed by atoms with Crippen LogP contribution in [0.2, 0.25) is 0 Å². The third-order valence-electron chi connectivity index (χ3n) is 3.56. The average Bonchev–Trinajstić information content (AvgIpc) is 2.39. The summed E-state index contributed by atoms with van der Waals surface area (Å²) < 4.78 is 4.84. The van der Waals surface area contributed by atoms with Crippen LogP contribution in [0.25, 0.3) is 0 Å². The van der Waals surface area contributed by atoms with Crippen LogP contribution < -0.4 is 10.6 Å². The minimum Gasteiger partial charge on any atom is -0.465 e. The van der Waals surface area contributed by atoms with Gasteiger partial charge in [0.2, 0.25) is 0 Å². The van der Waals surface area contributed by atoms with Crippen LogP contribution in [0.4, 0.5) is 11.4 Å². The molecule has 1 fully saturated rings. The molecule has 1 aliphatic rings. The molecular formula is C14H20N2O2. The van der Waals surface area contributed by atoms with Crippen molar-refractivity contribution < 1.29 is 9.53 Å². The molecule has 0 radical (unpaired) electrons. The second-order valence-corrected chi connectivity index (χ2v) is 4.77. The van der Waals surface area contributed by atoms with Crippen LogP contribution in [-0.2, 0) is 4.74 Å². The first-order chi connectivity index (χ1) is 8.65. The maximum Gasteiger partial charge on any atom is 0.340 e. The van der Waals surface area contributed by atoms with Gasteiger partial charge in [0.15, 0.2) is 0 Å². The van der Waals surface area contributed by atoms with Gasteiger partial charge in [-0.15, -0.1) is 0 Å². The van der Waals surface area contributed by atoms with Crippen LogP contribution in [0.5, 0.6) is 0 Å². The summed E-state index contributed by atoms with van der Waals surface area (Å²) in [5.41, 5.74) is 8.09. The van der Waals surface area contributed by atoms with Gasteiger partial charge < -0.3 is 15.4 Å². The number of esters is 1. The van der Waals surface area contributed by atoms with Gasteiger partial charge in [0.05, 0.1) is 24.0 Å². The van der Waals surface area contributed by atoms with E-state index in [0.29, 0.717) is 17.3 Å². The standard InChI is InChI=1S/C14H20N2O2/c1-10-6-3-4-9-16(10)13-11(14(17)18-2)7-5-8-12(13)15/h5,7-8,10H,3-4,6,9,15H2,1-2H3. The molecule has 18 heavy (non-hydrogen) atoms. The van der Waals surface area contributed by atoms with Crippen molar-refractivity contribution >= 4 is 17.3 Å². The van der Waals surface area contributed by atoms with Crippen molar-refractivity contribution in [2.75, 3.05) is 24.3 Å². The Morgan fingerprint density at radius 2 is 2.22 bits per heavy atom. The third kappa shape index (κ3) is 2.28. The number of hydrogen-bond acceptors (Lipinski definition) is 4. The largest absolute Gasteiger partial charge is 0.465 e. The minimum absolute atomic E-state index is 0.324. The van der Waals surface area contributed by atoms with E-state index in [1.807, 2.05) is 6.07 Å². The Labute approximate surface area is 108 Å². The minimum atomic E-state index is -0.324. The van der Waals surface area contributed by atoms with Gasteiger partial charge in [-0.3, -0.25) is 0 Å². The molecule has 1 aromatic carbocycles.